The molecule has 5 nitrogen and oxygen atoms in total. The molecular formula is C22H26N2O3. The molecule has 1 saturated heterocycles. The molecule has 3 rings (SSSR count). The molecule has 1 aliphatic rings. The first-order chi connectivity index (χ1) is 13.0. The van der Waals surface area contributed by atoms with Crippen LogP contribution < -0.4 is 5.32 Å². The zero-order chi connectivity index (χ0) is 19.2. The monoisotopic (exact) mass is 366 g/mol. The topological polar surface area (TPSA) is 69.6 Å². The summed E-state index contributed by atoms with van der Waals surface area (Å²) in [5.74, 6) is -1.63. The quantitative estimate of drug-likeness (QED) is 0.732. The molecule has 1 fully saturated rings. The summed E-state index contributed by atoms with van der Waals surface area (Å²) in [5, 5.41) is 11.5. The van der Waals surface area contributed by atoms with Crippen molar-refractivity contribution in [2.75, 3.05) is 18.4 Å². The van der Waals surface area contributed by atoms with Gasteiger partial charge in [0.05, 0.1) is 0 Å². The predicted octanol–water partition coefficient (Wildman–Crippen LogP) is 3.79. The van der Waals surface area contributed by atoms with Gasteiger partial charge in [-0.3, -0.25) is 9.59 Å². The van der Waals surface area contributed by atoms with Crippen molar-refractivity contribution < 1.29 is 14.7 Å². The summed E-state index contributed by atoms with van der Waals surface area (Å²) in [4.78, 5) is 25.0. The molecule has 142 valence electrons. The van der Waals surface area contributed by atoms with Crippen LogP contribution in [0, 0.1) is 0 Å². The number of likely N-dealkylation sites (tertiary alicyclic amines) is 1. The molecule has 1 atom stereocenters. The summed E-state index contributed by atoms with van der Waals surface area (Å²) >= 11 is 0. The largest absolute Gasteiger partial charge is 0.481 e. The van der Waals surface area contributed by atoms with Gasteiger partial charge in [-0.05, 0) is 61.6 Å². The van der Waals surface area contributed by atoms with Gasteiger partial charge < -0.3 is 15.3 Å². The van der Waals surface area contributed by atoms with Gasteiger partial charge >= 0.3 is 5.97 Å². The van der Waals surface area contributed by atoms with Gasteiger partial charge in [-0.25, -0.2) is 0 Å². The molecule has 0 aromatic heterocycles. The fourth-order valence-corrected chi connectivity index (χ4v) is 3.71. The van der Waals surface area contributed by atoms with Crippen molar-refractivity contribution in [1.82, 2.24) is 4.90 Å². The zero-order valence-electron chi connectivity index (χ0n) is 15.6. The molecule has 2 aromatic rings. The second kappa shape index (κ2) is 8.82. The number of anilines is 1. The van der Waals surface area contributed by atoms with E-state index in [4.69, 9.17) is 5.11 Å². The van der Waals surface area contributed by atoms with Crippen LogP contribution in [-0.2, 0) is 16.0 Å². The number of hydrogen-bond acceptors (Lipinski definition) is 3. The number of nitrogens with one attached hydrogen (secondary N) is 1. The molecule has 2 aromatic carbocycles. The molecule has 0 spiro atoms. The van der Waals surface area contributed by atoms with Crippen molar-refractivity contribution in [3.8, 4) is 11.1 Å². The van der Waals surface area contributed by atoms with Gasteiger partial charge in [0.25, 0.3) is 0 Å². The van der Waals surface area contributed by atoms with Crippen molar-refractivity contribution in [2.24, 2.45) is 0 Å². The molecule has 2 N–H and O–H groups in total. The minimum atomic E-state index is -1.13. The van der Waals surface area contributed by atoms with E-state index in [2.05, 4.69) is 29.3 Å². The Bertz CT molecular complexity index is 804. The van der Waals surface area contributed by atoms with Gasteiger partial charge in [-0.15, -0.1) is 0 Å². The lowest BCUT2D eigenvalue weighted by Crippen LogP contribution is -2.29. The molecule has 0 radical (unpaired) electrons. The second-order valence-corrected chi connectivity index (χ2v) is 7.13. The van der Waals surface area contributed by atoms with Crippen molar-refractivity contribution in [2.45, 2.75) is 38.6 Å². The number of benzene rings is 2. The summed E-state index contributed by atoms with van der Waals surface area (Å²) in [6, 6.07) is 16.6. The standard InChI is InChI=1S/C22H26N2O3/c1-16-6-5-12-24(16)13-11-18-14-19(23-21(25)15-22(26)27)9-10-20(18)17-7-3-2-4-8-17/h2-4,7-10,14,16H,5-6,11-13,15H2,1H3,(H,23,25)(H,26,27)/t16-/m1/s1. The maximum atomic E-state index is 11.8. The van der Waals surface area contributed by atoms with Gasteiger partial charge in [-0.1, -0.05) is 36.4 Å². The normalized spacial score (nSPS) is 17.0. The highest BCUT2D eigenvalue weighted by Crippen LogP contribution is 2.28. The average Bonchev–Trinajstić information content (AvgIpc) is 3.05. The molecule has 1 amide bonds. The summed E-state index contributed by atoms with van der Waals surface area (Å²) < 4.78 is 0. The molecule has 0 bridgehead atoms. The Hall–Kier alpha value is -2.66. The zero-order valence-corrected chi connectivity index (χ0v) is 15.6. The summed E-state index contributed by atoms with van der Waals surface area (Å²) in [6.07, 6.45) is 2.85. The predicted molar refractivity (Wildman–Crippen MR) is 107 cm³/mol. The lowest BCUT2D eigenvalue weighted by molar-refractivity contribution is -0.139. The van der Waals surface area contributed by atoms with Crippen LogP contribution in [0.3, 0.4) is 0 Å². The molecule has 0 aliphatic carbocycles. The number of hydrogen-bond donors (Lipinski definition) is 2. The summed E-state index contributed by atoms with van der Waals surface area (Å²) in [5.41, 5.74) is 4.10. The summed E-state index contributed by atoms with van der Waals surface area (Å²) in [6.45, 7) is 4.39. The minimum absolute atomic E-state index is 0.505. The smallest absolute Gasteiger partial charge is 0.312 e. The van der Waals surface area contributed by atoms with Gasteiger partial charge in [-0.2, -0.15) is 0 Å². The number of aliphatic carboxylic acids is 1. The Labute approximate surface area is 160 Å². The Balaban J connectivity index is 1.82. The van der Waals surface area contributed by atoms with Crippen LogP contribution in [0.5, 0.6) is 0 Å². The molecule has 27 heavy (non-hydrogen) atoms. The number of nitrogens with zero attached hydrogens (tertiary/aromatic N) is 1. The van der Waals surface area contributed by atoms with Crippen LogP contribution in [-0.4, -0.2) is 41.0 Å². The van der Waals surface area contributed by atoms with Crippen LogP contribution in [0.15, 0.2) is 48.5 Å². The van der Waals surface area contributed by atoms with Crippen LogP contribution in [0.4, 0.5) is 5.69 Å². The van der Waals surface area contributed by atoms with Crippen molar-refractivity contribution in [1.29, 1.82) is 0 Å². The Morgan fingerprint density at radius 2 is 1.96 bits per heavy atom. The Kier molecular flexibility index (Phi) is 6.24. The highest BCUT2D eigenvalue weighted by Gasteiger charge is 2.20. The Morgan fingerprint density at radius 3 is 2.63 bits per heavy atom. The highest BCUT2D eigenvalue weighted by molar-refractivity contribution is 6.01. The van der Waals surface area contributed by atoms with E-state index in [-0.39, 0.29) is 0 Å². The van der Waals surface area contributed by atoms with Crippen LogP contribution in [0.25, 0.3) is 11.1 Å². The van der Waals surface area contributed by atoms with Crippen molar-refractivity contribution >= 4 is 17.6 Å². The SMILES string of the molecule is C[C@@H]1CCCN1CCc1cc(NC(=O)CC(=O)O)ccc1-c1ccccc1. The van der Waals surface area contributed by atoms with E-state index in [9.17, 15) is 9.59 Å². The lowest BCUT2D eigenvalue weighted by Gasteiger charge is -2.22. The number of carbonyl (C=O) groups excluding carboxylic acids is 1. The van der Waals surface area contributed by atoms with E-state index in [1.54, 1.807) is 0 Å². The maximum absolute atomic E-state index is 11.8. The number of amides is 1. The van der Waals surface area contributed by atoms with Gasteiger partial charge in [0.1, 0.15) is 6.42 Å². The van der Waals surface area contributed by atoms with E-state index in [1.807, 2.05) is 36.4 Å². The van der Waals surface area contributed by atoms with E-state index in [0.29, 0.717) is 11.7 Å². The van der Waals surface area contributed by atoms with E-state index in [0.717, 1.165) is 36.2 Å². The highest BCUT2D eigenvalue weighted by atomic mass is 16.4. The molecule has 0 unspecified atom stereocenters. The third-order valence-corrected chi connectivity index (χ3v) is 5.14. The van der Waals surface area contributed by atoms with Gasteiger partial charge in [0.15, 0.2) is 0 Å². The van der Waals surface area contributed by atoms with E-state index < -0.39 is 18.3 Å². The Morgan fingerprint density at radius 1 is 1.19 bits per heavy atom. The third-order valence-electron chi connectivity index (χ3n) is 5.14. The molecular weight excluding hydrogens is 340 g/mol. The maximum Gasteiger partial charge on any atom is 0.312 e. The van der Waals surface area contributed by atoms with Crippen molar-refractivity contribution in [3.63, 3.8) is 0 Å². The molecule has 1 aliphatic heterocycles. The fraction of sp³-hybridized carbons (Fsp3) is 0.364. The van der Waals surface area contributed by atoms with Crippen molar-refractivity contribution in [3.05, 3.63) is 54.1 Å². The molecule has 0 saturated carbocycles. The first-order valence-electron chi connectivity index (χ1n) is 9.47. The van der Waals surface area contributed by atoms with E-state index in [1.165, 1.54) is 12.8 Å². The van der Waals surface area contributed by atoms with Gasteiger partial charge in [0, 0.05) is 18.3 Å². The first-order valence-corrected chi connectivity index (χ1v) is 9.47. The number of carboxylic acids is 1. The summed E-state index contributed by atoms with van der Waals surface area (Å²) in [7, 11) is 0. The second-order valence-electron chi connectivity index (χ2n) is 7.13. The fourth-order valence-electron chi connectivity index (χ4n) is 3.71. The average molecular weight is 366 g/mol. The third kappa shape index (κ3) is 5.17. The minimum Gasteiger partial charge on any atom is -0.481 e. The van der Waals surface area contributed by atoms with Gasteiger partial charge in [0.2, 0.25) is 5.91 Å². The van der Waals surface area contributed by atoms with Crippen LogP contribution >= 0.6 is 0 Å². The molecule has 5 heteroatoms. The lowest BCUT2D eigenvalue weighted by atomic mass is 9.96. The molecule has 1 heterocycles. The number of carboxylic acid groups (broad SMARTS) is 1. The first kappa shape index (κ1) is 19.1. The van der Waals surface area contributed by atoms with Crippen LogP contribution in [0.2, 0.25) is 0 Å². The van der Waals surface area contributed by atoms with E-state index >= 15 is 0 Å². The number of rotatable bonds is 7. The van der Waals surface area contributed by atoms with Crippen LogP contribution in [0.1, 0.15) is 31.7 Å². The number of carbonyl (C=O) groups is 2.